The summed E-state index contributed by atoms with van der Waals surface area (Å²) < 4.78 is 0. The quantitative estimate of drug-likeness (QED) is 0.809. The van der Waals surface area contributed by atoms with Crippen LogP contribution in [-0.4, -0.2) is 29.1 Å². The molecule has 1 aromatic rings. The third-order valence-corrected chi connectivity index (χ3v) is 3.45. The smallest absolute Gasteiger partial charge is 0.335 e. The van der Waals surface area contributed by atoms with Crippen LogP contribution >= 0.6 is 0 Å². The van der Waals surface area contributed by atoms with Gasteiger partial charge in [-0.1, -0.05) is 19.8 Å². The van der Waals surface area contributed by atoms with Crippen LogP contribution in [0.5, 0.6) is 0 Å². The molecule has 0 spiro atoms. The van der Waals surface area contributed by atoms with E-state index in [1.807, 2.05) is 18.7 Å². The highest BCUT2D eigenvalue weighted by atomic mass is 16.4. The fourth-order valence-corrected chi connectivity index (χ4v) is 2.08. The minimum absolute atomic E-state index is 0.182. The van der Waals surface area contributed by atoms with Gasteiger partial charge in [0, 0.05) is 12.2 Å². The van der Waals surface area contributed by atoms with E-state index in [9.17, 15) is 9.90 Å². The van der Waals surface area contributed by atoms with E-state index in [0.29, 0.717) is 18.3 Å². The molecule has 0 aromatic carbocycles. The van der Waals surface area contributed by atoms with Gasteiger partial charge in [0.25, 0.3) is 0 Å². The number of rotatable bonds is 6. The molecule has 20 heavy (non-hydrogen) atoms. The zero-order valence-corrected chi connectivity index (χ0v) is 12.0. The zero-order valence-electron chi connectivity index (χ0n) is 12.0. The number of nitrogens with zero attached hydrogens (tertiary/aromatic N) is 2. The topological polar surface area (TPSA) is 53.4 Å². The van der Waals surface area contributed by atoms with Gasteiger partial charge in [0.05, 0.1) is 12.1 Å². The first-order valence-corrected chi connectivity index (χ1v) is 6.95. The number of carboxylic acids is 1. The van der Waals surface area contributed by atoms with Crippen molar-refractivity contribution in [1.29, 1.82) is 0 Å². The van der Waals surface area contributed by atoms with Crippen molar-refractivity contribution in [2.75, 3.05) is 18.0 Å². The number of pyridine rings is 1. The molecule has 1 aromatic heterocycles. The Balaban J connectivity index is 2.35. The van der Waals surface area contributed by atoms with Gasteiger partial charge < -0.3 is 10.0 Å². The van der Waals surface area contributed by atoms with E-state index in [1.165, 1.54) is 12.8 Å². The van der Waals surface area contributed by atoms with E-state index < -0.39 is 5.97 Å². The molecule has 0 radical (unpaired) electrons. The van der Waals surface area contributed by atoms with Crippen LogP contribution in [0.1, 0.15) is 48.7 Å². The molecule has 0 unspecified atom stereocenters. The van der Waals surface area contributed by atoms with Crippen molar-refractivity contribution in [2.24, 2.45) is 5.92 Å². The molecule has 0 atom stereocenters. The minimum atomic E-state index is -0.928. The summed E-state index contributed by atoms with van der Waals surface area (Å²) in [5.41, 5.74) is 1.06. The molecule has 106 valence electrons. The molecular formula is C16H20N2O2. The lowest BCUT2D eigenvalue weighted by atomic mass is 10.1. The summed E-state index contributed by atoms with van der Waals surface area (Å²) >= 11 is 0. The van der Waals surface area contributed by atoms with Crippen LogP contribution in [0.15, 0.2) is 12.1 Å². The molecule has 1 fully saturated rings. The maximum Gasteiger partial charge on any atom is 0.335 e. The van der Waals surface area contributed by atoms with Crippen molar-refractivity contribution >= 4 is 11.8 Å². The third kappa shape index (κ3) is 3.51. The van der Waals surface area contributed by atoms with E-state index >= 15 is 0 Å². The van der Waals surface area contributed by atoms with Gasteiger partial charge in [-0.3, -0.25) is 0 Å². The molecule has 2 rings (SSSR count). The van der Waals surface area contributed by atoms with Gasteiger partial charge >= 0.3 is 5.97 Å². The highest BCUT2D eigenvalue weighted by molar-refractivity contribution is 5.88. The monoisotopic (exact) mass is 272 g/mol. The van der Waals surface area contributed by atoms with Gasteiger partial charge in [-0.2, -0.15) is 0 Å². The normalized spacial score (nSPS) is 14.1. The number of aromatic nitrogens is 1. The summed E-state index contributed by atoms with van der Waals surface area (Å²) in [5, 5.41) is 9.23. The lowest BCUT2D eigenvalue weighted by molar-refractivity contribution is 0.0696. The molecule has 4 nitrogen and oxygen atoms in total. The fourth-order valence-electron chi connectivity index (χ4n) is 2.08. The predicted molar refractivity (Wildman–Crippen MR) is 79.1 cm³/mol. The highest BCUT2D eigenvalue weighted by Crippen LogP contribution is 2.31. The van der Waals surface area contributed by atoms with Crippen LogP contribution in [0, 0.1) is 18.3 Å². The Kier molecular flexibility index (Phi) is 4.29. The van der Waals surface area contributed by atoms with Crippen molar-refractivity contribution in [3.05, 3.63) is 23.4 Å². The van der Waals surface area contributed by atoms with Crippen LogP contribution in [0.4, 0.5) is 5.82 Å². The maximum absolute atomic E-state index is 11.3. The van der Waals surface area contributed by atoms with Crippen LogP contribution in [0.3, 0.4) is 0 Å². The number of carbonyl (C=O) groups is 1. The fraction of sp³-hybridized carbons (Fsp3) is 0.500. The largest absolute Gasteiger partial charge is 0.478 e. The van der Waals surface area contributed by atoms with E-state index in [4.69, 9.17) is 6.42 Å². The summed E-state index contributed by atoms with van der Waals surface area (Å²) in [6, 6.07) is 3.26. The van der Waals surface area contributed by atoms with Crippen LogP contribution < -0.4 is 4.90 Å². The average Bonchev–Trinajstić information content (AvgIpc) is 3.21. The second-order valence-corrected chi connectivity index (χ2v) is 5.63. The predicted octanol–water partition coefficient (Wildman–Crippen LogP) is 2.75. The second-order valence-electron chi connectivity index (χ2n) is 5.63. The second kappa shape index (κ2) is 5.96. The summed E-state index contributed by atoms with van der Waals surface area (Å²) in [6.45, 7) is 5.33. The molecule has 0 saturated heterocycles. The van der Waals surface area contributed by atoms with Crippen LogP contribution in [-0.2, 0) is 0 Å². The molecule has 0 amide bonds. The molecule has 1 heterocycles. The minimum Gasteiger partial charge on any atom is -0.478 e. The summed E-state index contributed by atoms with van der Waals surface area (Å²) in [7, 11) is 0. The van der Waals surface area contributed by atoms with Gasteiger partial charge in [-0.15, -0.1) is 6.42 Å². The van der Waals surface area contributed by atoms with Crippen molar-refractivity contribution in [2.45, 2.75) is 32.6 Å². The number of carboxylic acid groups (broad SMARTS) is 1. The maximum atomic E-state index is 11.3. The van der Waals surface area contributed by atoms with E-state index in [2.05, 4.69) is 10.9 Å². The Morgan fingerprint density at radius 2 is 2.25 bits per heavy atom. The zero-order chi connectivity index (χ0) is 14.7. The Morgan fingerprint density at radius 1 is 1.55 bits per heavy atom. The Morgan fingerprint density at radius 3 is 2.75 bits per heavy atom. The molecule has 0 bridgehead atoms. The lowest BCUT2D eigenvalue weighted by Gasteiger charge is -2.22. The Bertz CT molecular complexity index is 542. The number of terminal acetylenes is 1. The number of hydrogen-bond donors (Lipinski definition) is 1. The highest BCUT2D eigenvalue weighted by Gasteiger charge is 2.25. The van der Waals surface area contributed by atoms with Gasteiger partial charge in [0.2, 0.25) is 0 Å². The molecule has 1 aliphatic rings. The van der Waals surface area contributed by atoms with E-state index in [0.717, 1.165) is 12.2 Å². The van der Waals surface area contributed by atoms with Gasteiger partial charge in [-0.05, 0) is 36.8 Å². The van der Waals surface area contributed by atoms with Crippen LogP contribution in [0.25, 0.3) is 0 Å². The van der Waals surface area contributed by atoms with Gasteiger partial charge in [0.15, 0.2) is 0 Å². The van der Waals surface area contributed by atoms with Gasteiger partial charge in [0.1, 0.15) is 5.82 Å². The van der Waals surface area contributed by atoms with Gasteiger partial charge in [-0.25, -0.2) is 9.78 Å². The first kappa shape index (κ1) is 14.4. The number of anilines is 1. The first-order chi connectivity index (χ1) is 9.51. The van der Waals surface area contributed by atoms with E-state index in [1.54, 1.807) is 12.1 Å². The molecule has 1 saturated carbocycles. The van der Waals surface area contributed by atoms with Crippen molar-refractivity contribution in [1.82, 2.24) is 4.98 Å². The SMILES string of the molecule is C#CCN(CC1CC1)c1cc(C(=O)O)cc(C(C)C)n1. The standard InChI is InChI=1S/C16H20N2O2/c1-4-7-18(10-12-5-6-12)15-9-13(16(19)20)8-14(17-15)11(2)3/h1,8-9,11-12H,5-7,10H2,2-3H3,(H,19,20). The third-order valence-electron chi connectivity index (χ3n) is 3.45. The summed E-state index contributed by atoms with van der Waals surface area (Å²) in [6.07, 6.45) is 7.86. The first-order valence-electron chi connectivity index (χ1n) is 6.95. The summed E-state index contributed by atoms with van der Waals surface area (Å²) in [4.78, 5) is 17.8. The Labute approximate surface area is 119 Å². The van der Waals surface area contributed by atoms with E-state index in [-0.39, 0.29) is 11.5 Å². The number of hydrogen-bond acceptors (Lipinski definition) is 3. The Hall–Kier alpha value is -2.02. The molecule has 1 aliphatic carbocycles. The molecule has 0 aliphatic heterocycles. The lowest BCUT2D eigenvalue weighted by Crippen LogP contribution is -2.27. The average molecular weight is 272 g/mol. The van der Waals surface area contributed by atoms with Crippen molar-refractivity contribution in [3.8, 4) is 12.3 Å². The summed E-state index contributed by atoms with van der Waals surface area (Å²) in [5.74, 6) is 3.24. The number of aromatic carboxylic acids is 1. The molecule has 1 N–H and O–H groups in total. The van der Waals surface area contributed by atoms with Crippen LogP contribution in [0.2, 0.25) is 0 Å². The van der Waals surface area contributed by atoms with Crippen molar-refractivity contribution in [3.63, 3.8) is 0 Å². The molecule has 4 heteroatoms. The molecular weight excluding hydrogens is 252 g/mol. The van der Waals surface area contributed by atoms with Crippen molar-refractivity contribution < 1.29 is 9.90 Å².